The van der Waals surface area contributed by atoms with Crippen LogP contribution in [0, 0.1) is 0 Å². The Morgan fingerprint density at radius 1 is 0.246 bits per heavy atom. The topological polar surface area (TPSA) is 51.8 Å². The molecule has 12 rings (SSSR count). The second-order valence-corrected chi connectivity index (χ2v) is 15.6. The summed E-state index contributed by atoms with van der Waals surface area (Å²) in [6.07, 6.45) is 0. The number of fused-ring (bicyclic) bond motifs is 7. The summed E-state index contributed by atoms with van der Waals surface area (Å²) >= 11 is 0. The second-order valence-electron chi connectivity index (χ2n) is 15.6. The van der Waals surface area contributed by atoms with Gasteiger partial charge < -0.3 is 4.42 Å². The molecule has 0 amide bonds. The lowest BCUT2D eigenvalue weighted by molar-refractivity contribution is 0.669. The molecule has 0 N–H and O–H groups in total. The van der Waals surface area contributed by atoms with E-state index >= 15 is 0 Å². The molecule has 0 saturated heterocycles. The first kappa shape index (κ1) is 34.8. The maximum Gasteiger partial charge on any atom is 0.164 e. The van der Waals surface area contributed by atoms with Gasteiger partial charge in [-0.1, -0.05) is 164 Å². The van der Waals surface area contributed by atoms with E-state index in [1.165, 1.54) is 26.9 Å². The molecule has 284 valence electrons. The molecule has 0 unspecified atom stereocenters. The third-order valence-corrected chi connectivity index (χ3v) is 11.9. The number of furan rings is 1. The molecular formula is C57H35N3O. The maximum absolute atomic E-state index is 6.42. The molecule has 0 bridgehead atoms. The van der Waals surface area contributed by atoms with Crippen LogP contribution in [0.2, 0.25) is 0 Å². The van der Waals surface area contributed by atoms with Gasteiger partial charge >= 0.3 is 0 Å². The van der Waals surface area contributed by atoms with Crippen molar-refractivity contribution in [3.63, 3.8) is 0 Å². The van der Waals surface area contributed by atoms with Crippen LogP contribution in [-0.4, -0.2) is 15.0 Å². The second kappa shape index (κ2) is 14.3. The fraction of sp³-hybridized carbons (Fsp3) is 0. The molecule has 12 aromatic rings. The number of benzene rings is 10. The highest BCUT2D eigenvalue weighted by atomic mass is 16.3. The minimum absolute atomic E-state index is 0.627. The lowest BCUT2D eigenvalue weighted by Gasteiger charge is -2.11. The van der Waals surface area contributed by atoms with Gasteiger partial charge in [0.1, 0.15) is 11.2 Å². The summed E-state index contributed by atoms with van der Waals surface area (Å²) in [5, 5.41) is 9.36. The van der Waals surface area contributed by atoms with Gasteiger partial charge in [0.05, 0.1) is 0 Å². The Hall–Kier alpha value is -8.21. The van der Waals surface area contributed by atoms with Gasteiger partial charge in [-0.05, 0) is 114 Å². The Balaban J connectivity index is 0.906. The third kappa shape index (κ3) is 6.30. The maximum atomic E-state index is 6.42. The lowest BCUT2D eigenvalue weighted by atomic mass is 9.95. The molecule has 4 nitrogen and oxygen atoms in total. The van der Waals surface area contributed by atoms with E-state index in [0.29, 0.717) is 17.5 Å². The van der Waals surface area contributed by atoms with Crippen LogP contribution < -0.4 is 0 Å². The van der Waals surface area contributed by atoms with Crippen LogP contribution in [0.3, 0.4) is 0 Å². The fourth-order valence-corrected chi connectivity index (χ4v) is 8.74. The van der Waals surface area contributed by atoms with Crippen molar-refractivity contribution in [2.45, 2.75) is 0 Å². The molecule has 0 atom stereocenters. The Bertz CT molecular complexity index is 3580. The van der Waals surface area contributed by atoms with Crippen LogP contribution in [0.25, 0.3) is 122 Å². The summed E-state index contributed by atoms with van der Waals surface area (Å²) in [6, 6.07) is 74.8. The predicted molar refractivity (Wildman–Crippen MR) is 252 cm³/mol. The highest BCUT2D eigenvalue weighted by molar-refractivity contribution is 6.19. The van der Waals surface area contributed by atoms with Crippen LogP contribution in [-0.2, 0) is 0 Å². The van der Waals surface area contributed by atoms with Crippen molar-refractivity contribution in [2.75, 3.05) is 0 Å². The average Bonchev–Trinajstić information content (AvgIpc) is 3.72. The molecular weight excluding hydrogens is 743 g/mol. The van der Waals surface area contributed by atoms with Gasteiger partial charge in [-0.3, -0.25) is 0 Å². The van der Waals surface area contributed by atoms with E-state index in [2.05, 4.69) is 212 Å². The van der Waals surface area contributed by atoms with Gasteiger partial charge in [0, 0.05) is 27.5 Å². The van der Waals surface area contributed by atoms with Gasteiger partial charge in [-0.15, -0.1) is 0 Å². The monoisotopic (exact) mass is 777 g/mol. The normalized spacial score (nSPS) is 11.6. The van der Waals surface area contributed by atoms with Gasteiger partial charge in [0.25, 0.3) is 0 Å². The van der Waals surface area contributed by atoms with Crippen LogP contribution in [0.4, 0.5) is 0 Å². The summed E-state index contributed by atoms with van der Waals surface area (Å²) in [5.41, 5.74) is 11.3. The van der Waals surface area contributed by atoms with Crippen molar-refractivity contribution in [2.24, 2.45) is 0 Å². The van der Waals surface area contributed by atoms with Crippen LogP contribution in [0.1, 0.15) is 0 Å². The zero-order valence-corrected chi connectivity index (χ0v) is 33.0. The molecule has 0 fully saturated rings. The largest absolute Gasteiger partial charge is 0.456 e. The molecule has 61 heavy (non-hydrogen) atoms. The molecule has 0 aliphatic rings. The molecule has 2 aromatic heterocycles. The Labute approximate surface area is 352 Å². The van der Waals surface area contributed by atoms with E-state index in [1.807, 2.05) is 0 Å². The number of nitrogens with zero attached hydrogens (tertiary/aromatic N) is 3. The van der Waals surface area contributed by atoms with Crippen molar-refractivity contribution in [3.05, 3.63) is 212 Å². The van der Waals surface area contributed by atoms with Crippen molar-refractivity contribution in [1.82, 2.24) is 15.0 Å². The Morgan fingerprint density at radius 3 is 1.21 bits per heavy atom. The van der Waals surface area contributed by atoms with E-state index < -0.39 is 0 Å². The number of aromatic nitrogens is 3. The van der Waals surface area contributed by atoms with Crippen molar-refractivity contribution >= 4 is 54.3 Å². The summed E-state index contributed by atoms with van der Waals surface area (Å²) in [4.78, 5) is 15.3. The number of hydrogen-bond acceptors (Lipinski definition) is 4. The van der Waals surface area contributed by atoms with Crippen LogP contribution in [0.5, 0.6) is 0 Å². The van der Waals surface area contributed by atoms with Gasteiger partial charge in [0.2, 0.25) is 0 Å². The molecule has 2 heterocycles. The summed E-state index contributed by atoms with van der Waals surface area (Å²) in [5.74, 6) is 1.90. The standard InChI is InChI=1S/C57H35N3O/c1-3-13-39-32-48(24-22-36(39)10-1)56-58-55(59-57(60-56)49-25-23-37-11-2-4-14-40(37)33-49)47-20-9-19-45(34-47)43-17-7-15-41(30-43)42-16-8-18-44(31-42)46-26-28-51-53(35-46)61-52-29-27-38-12-5-6-21-50(38)54(51)52/h1-35H. The van der Waals surface area contributed by atoms with E-state index in [1.54, 1.807) is 0 Å². The molecule has 10 aromatic carbocycles. The van der Waals surface area contributed by atoms with Gasteiger partial charge in [-0.2, -0.15) is 0 Å². The van der Waals surface area contributed by atoms with Crippen LogP contribution in [0.15, 0.2) is 217 Å². The van der Waals surface area contributed by atoms with Crippen LogP contribution >= 0.6 is 0 Å². The third-order valence-electron chi connectivity index (χ3n) is 11.9. The number of rotatable bonds is 6. The van der Waals surface area contributed by atoms with Gasteiger partial charge in [0.15, 0.2) is 17.5 Å². The highest BCUT2D eigenvalue weighted by Crippen LogP contribution is 2.38. The minimum Gasteiger partial charge on any atom is -0.456 e. The van der Waals surface area contributed by atoms with E-state index in [9.17, 15) is 0 Å². The van der Waals surface area contributed by atoms with E-state index in [4.69, 9.17) is 19.4 Å². The number of hydrogen-bond donors (Lipinski definition) is 0. The first-order chi connectivity index (χ1) is 30.2. The Morgan fingerprint density at radius 2 is 0.656 bits per heavy atom. The van der Waals surface area contributed by atoms with Crippen molar-refractivity contribution in [3.8, 4) is 67.5 Å². The first-order valence-corrected chi connectivity index (χ1v) is 20.6. The van der Waals surface area contributed by atoms with E-state index in [0.717, 1.165) is 77.4 Å². The molecule has 0 aliphatic carbocycles. The average molecular weight is 778 g/mol. The lowest BCUT2D eigenvalue weighted by Crippen LogP contribution is -2.00. The zero-order valence-electron chi connectivity index (χ0n) is 33.0. The quantitative estimate of drug-likeness (QED) is 0.169. The van der Waals surface area contributed by atoms with Gasteiger partial charge in [-0.25, -0.2) is 15.0 Å². The van der Waals surface area contributed by atoms with E-state index in [-0.39, 0.29) is 0 Å². The molecule has 0 aliphatic heterocycles. The van der Waals surface area contributed by atoms with Crippen molar-refractivity contribution in [1.29, 1.82) is 0 Å². The highest BCUT2D eigenvalue weighted by Gasteiger charge is 2.16. The molecule has 4 heteroatoms. The minimum atomic E-state index is 0.627. The summed E-state index contributed by atoms with van der Waals surface area (Å²) in [6.45, 7) is 0. The molecule has 0 radical (unpaired) electrons. The molecule has 0 saturated carbocycles. The summed E-state index contributed by atoms with van der Waals surface area (Å²) < 4.78 is 6.42. The fourth-order valence-electron chi connectivity index (χ4n) is 8.74. The summed E-state index contributed by atoms with van der Waals surface area (Å²) in [7, 11) is 0. The smallest absolute Gasteiger partial charge is 0.164 e. The Kier molecular flexibility index (Phi) is 8.13. The first-order valence-electron chi connectivity index (χ1n) is 20.6. The SMILES string of the molecule is c1cc(-c2cccc(-c3ccc4c(c3)oc3ccc5ccccc5c34)c2)cc(-c2cccc(-c3nc(-c4ccc5ccccc5c4)nc(-c4ccc5ccccc5c4)n3)c2)c1. The molecule has 0 spiro atoms. The zero-order chi connectivity index (χ0) is 40.3. The van der Waals surface area contributed by atoms with Crippen molar-refractivity contribution < 1.29 is 4.42 Å². The predicted octanol–water partition coefficient (Wildman–Crippen LogP) is 15.2.